The highest BCUT2D eigenvalue weighted by molar-refractivity contribution is 7.60. The van der Waals surface area contributed by atoms with Crippen molar-refractivity contribution in [3.05, 3.63) is 114 Å². The molecule has 0 radical (unpaired) electrons. The highest BCUT2D eigenvalue weighted by Crippen LogP contribution is 2.62. The molecular formula is C32H29FNO6P. The predicted molar refractivity (Wildman–Crippen MR) is 153 cm³/mol. The first kappa shape index (κ1) is 27.4. The Morgan fingerprint density at radius 3 is 2.00 bits per heavy atom. The smallest absolute Gasteiger partial charge is 0.356 e. The molecule has 4 aromatic carbocycles. The van der Waals surface area contributed by atoms with E-state index in [1.807, 2.05) is 36.4 Å². The van der Waals surface area contributed by atoms with Gasteiger partial charge in [0.2, 0.25) is 5.91 Å². The zero-order chi connectivity index (χ0) is 29.0. The fourth-order valence-corrected chi connectivity index (χ4v) is 6.93. The number of carbonyl (C=O) groups excluding carboxylic acids is 1. The highest BCUT2D eigenvalue weighted by Gasteiger charge is 2.64. The lowest BCUT2D eigenvalue weighted by molar-refractivity contribution is -0.149. The summed E-state index contributed by atoms with van der Waals surface area (Å²) in [4.78, 5) is 34.4. The Hall–Kier alpha value is -3.81. The molecule has 2 aliphatic rings. The molecule has 6 rings (SSSR count). The van der Waals surface area contributed by atoms with Gasteiger partial charge >= 0.3 is 7.60 Å². The molecule has 1 aliphatic carbocycles. The molecule has 1 amide bonds. The van der Waals surface area contributed by atoms with Crippen LogP contribution in [0.15, 0.2) is 97.1 Å². The molecule has 1 saturated heterocycles. The molecule has 1 saturated carbocycles. The van der Waals surface area contributed by atoms with E-state index in [2.05, 4.69) is 0 Å². The number of benzene rings is 4. The summed E-state index contributed by atoms with van der Waals surface area (Å²) in [5.74, 6) is -0.445. The molecule has 1 spiro atoms. The van der Waals surface area contributed by atoms with Crippen molar-refractivity contribution in [3.63, 3.8) is 0 Å². The van der Waals surface area contributed by atoms with Gasteiger partial charge in [0, 0.05) is 11.3 Å². The zero-order valence-corrected chi connectivity index (χ0v) is 22.9. The minimum Gasteiger partial charge on any atom is -0.508 e. The predicted octanol–water partition coefficient (Wildman–Crippen LogP) is 5.54. The maximum absolute atomic E-state index is 13.9. The van der Waals surface area contributed by atoms with Gasteiger partial charge in [-0.3, -0.25) is 9.36 Å². The molecule has 1 aliphatic heterocycles. The van der Waals surface area contributed by atoms with Crippen LogP contribution in [0.3, 0.4) is 0 Å². The maximum atomic E-state index is 13.9. The number of hydrogen-bond donors (Lipinski definition) is 4. The van der Waals surface area contributed by atoms with Gasteiger partial charge in [-0.15, -0.1) is 0 Å². The van der Waals surface area contributed by atoms with E-state index in [-0.39, 0.29) is 22.8 Å². The summed E-state index contributed by atoms with van der Waals surface area (Å²) in [7, 11) is -4.37. The Morgan fingerprint density at radius 1 is 0.805 bits per heavy atom. The number of β-lactam (4-membered cyclic amide) rings is 1. The normalized spacial score (nSPS) is 24.3. The fourth-order valence-electron chi connectivity index (χ4n) is 6.40. The van der Waals surface area contributed by atoms with Gasteiger partial charge < -0.3 is 24.9 Å². The fraction of sp³-hybridized carbons (Fsp3) is 0.219. The largest absolute Gasteiger partial charge is 0.508 e. The Labute approximate surface area is 236 Å². The highest BCUT2D eigenvalue weighted by atomic mass is 31.2. The summed E-state index contributed by atoms with van der Waals surface area (Å²) < 4.78 is 25.1. The van der Waals surface area contributed by atoms with Gasteiger partial charge in [0.15, 0.2) is 0 Å². The molecule has 1 heterocycles. The number of phenols is 1. The zero-order valence-electron chi connectivity index (χ0n) is 22.0. The topological polar surface area (TPSA) is 118 Å². The minimum atomic E-state index is -4.37. The van der Waals surface area contributed by atoms with Gasteiger partial charge in [0.1, 0.15) is 11.6 Å². The van der Waals surface area contributed by atoms with Crippen molar-refractivity contribution in [2.75, 3.05) is 4.90 Å². The third-order valence-electron chi connectivity index (χ3n) is 8.67. The van der Waals surface area contributed by atoms with Crippen molar-refractivity contribution in [1.82, 2.24) is 0 Å². The van der Waals surface area contributed by atoms with E-state index < -0.39 is 24.7 Å². The van der Waals surface area contributed by atoms with Gasteiger partial charge in [-0.25, -0.2) is 4.39 Å². The van der Waals surface area contributed by atoms with Crippen LogP contribution in [0, 0.1) is 11.2 Å². The number of amides is 1. The minimum absolute atomic E-state index is 0.00117. The van der Waals surface area contributed by atoms with Gasteiger partial charge in [-0.05, 0) is 84.8 Å². The molecule has 4 N–H and O–H groups in total. The van der Waals surface area contributed by atoms with Crippen LogP contribution < -0.4 is 10.2 Å². The number of halogens is 1. The first-order chi connectivity index (χ1) is 19.5. The summed E-state index contributed by atoms with van der Waals surface area (Å²) in [6, 6.07) is 25.7. The van der Waals surface area contributed by atoms with Crippen LogP contribution in [0.5, 0.6) is 5.75 Å². The molecular weight excluding hydrogens is 544 g/mol. The number of para-hydroxylation sites is 1. The number of hydrogen-bond acceptors (Lipinski definition) is 4. The lowest BCUT2D eigenvalue weighted by Gasteiger charge is -2.59. The standard InChI is InChI=1S/C32H29FNO6P/c33-24-11-9-23(10-12-24)32(37)18-16-31(17-19-32)29(34(30(31)36)25-4-2-1-3-5-25)27-15-8-22(20-28(27)35)21-6-13-26(14-7-21)41(38,39)40/h1-15,20,29,35,37H,16-19H2,(H2,38,39,40)/t29-,31?,32?/m1/s1. The molecule has 0 unspecified atom stereocenters. The Morgan fingerprint density at radius 2 is 1.41 bits per heavy atom. The Bertz CT molecular complexity index is 1640. The number of nitrogens with zero attached hydrogens (tertiary/aromatic N) is 1. The monoisotopic (exact) mass is 573 g/mol. The molecule has 41 heavy (non-hydrogen) atoms. The molecule has 1 atom stereocenters. The van der Waals surface area contributed by atoms with Crippen LogP contribution >= 0.6 is 7.60 Å². The Kier molecular flexibility index (Phi) is 6.63. The molecule has 2 fully saturated rings. The molecule has 9 heteroatoms. The Balaban J connectivity index is 1.34. The van der Waals surface area contributed by atoms with Crippen molar-refractivity contribution in [3.8, 4) is 16.9 Å². The molecule has 0 bridgehead atoms. The van der Waals surface area contributed by atoms with E-state index in [0.717, 1.165) is 0 Å². The number of aromatic hydroxyl groups is 1. The number of carbonyl (C=O) groups is 1. The van der Waals surface area contributed by atoms with Crippen LogP contribution in [0.25, 0.3) is 11.1 Å². The average Bonchev–Trinajstić information content (AvgIpc) is 2.97. The number of rotatable bonds is 5. The van der Waals surface area contributed by atoms with Crippen molar-refractivity contribution >= 4 is 24.5 Å². The van der Waals surface area contributed by atoms with Crippen LogP contribution in [0.2, 0.25) is 0 Å². The first-order valence-electron chi connectivity index (χ1n) is 13.4. The van der Waals surface area contributed by atoms with Crippen LogP contribution in [-0.2, 0) is 15.0 Å². The van der Waals surface area contributed by atoms with E-state index in [9.17, 15) is 33.7 Å². The third-order valence-corrected chi connectivity index (χ3v) is 9.64. The van der Waals surface area contributed by atoms with Crippen molar-refractivity contribution in [2.45, 2.75) is 37.3 Å². The second kappa shape index (κ2) is 9.93. The summed E-state index contributed by atoms with van der Waals surface area (Å²) in [5.41, 5.74) is 1.23. The van der Waals surface area contributed by atoms with Crippen molar-refractivity contribution < 1.29 is 33.7 Å². The molecule has 210 valence electrons. The first-order valence-corrected chi connectivity index (χ1v) is 15.0. The van der Waals surface area contributed by atoms with E-state index in [0.29, 0.717) is 53.6 Å². The average molecular weight is 574 g/mol. The van der Waals surface area contributed by atoms with Crippen LogP contribution in [0.1, 0.15) is 42.9 Å². The van der Waals surface area contributed by atoms with Crippen molar-refractivity contribution in [2.24, 2.45) is 5.41 Å². The van der Waals surface area contributed by atoms with Crippen LogP contribution in [-0.4, -0.2) is 25.9 Å². The summed E-state index contributed by atoms with van der Waals surface area (Å²) in [6.45, 7) is 0. The summed E-state index contributed by atoms with van der Waals surface area (Å²) in [5, 5.41) is 22.7. The number of phenolic OH excluding ortho intramolecular Hbond substituents is 1. The summed E-state index contributed by atoms with van der Waals surface area (Å²) in [6.07, 6.45) is 1.40. The van der Waals surface area contributed by atoms with Gasteiger partial charge in [0.25, 0.3) is 0 Å². The number of aliphatic hydroxyl groups is 1. The SMILES string of the molecule is O=C1N(c2ccccc2)[C@H](c2ccc(-c3ccc(P(=O)(O)O)cc3)cc2O)C12CCC(O)(c1ccc(F)cc1)CC2. The molecule has 0 aromatic heterocycles. The second-order valence-electron chi connectivity index (χ2n) is 11.0. The lowest BCUT2D eigenvalue weighted by atomic mass is 9.56. The van der Waals surface area contributed by atoms with Gasteiger partial charge in [-0.1, -0.05) is 54.6 Å². The van der Waals surface area contributed by atoms with E-state index in [1.165, 1.54) is 24.3 Å². The molecule has 4 aromatic rings. The quantitative estimate of drug-likeness (QED) is 0.184. The van der Waals surface area contributed by atoms with E-state index in [1.54, 1.807) is 41.3 Å². The van der Waals surface area contributed by atoms with Crippen LogP contribution in [0.4, 0.5) is 10.1 Å². The lowest BCUT2D eigenvalue weighted by Crippen LogP contribution is -2.65. The van der Waals surface area contributed by atoms with Gasteiger partial charge in [-0.2, -0.15) is 0 Å². The number of anilines is 1. The van der Waals surface area contributed by atoms with Crippen molar-refractivity contribution in [1.29, 1.82) is 0 Å². The third kappa shape index (κ3) is 4.67. The van der Waals surface area contributed by atoms with E-state index >= 15 is 0 Å². The van der Waals surface area contributed by atoms with E-state index in [4.69, 9.17) is 0 Å². The maximum Gasteiger partial charge on any atom is 0.356 e. The second-order valence-corrected chi connectivity index (χ2v) is 12.6. The van der Waals surface area contributed by atoms with Gasteiger partial charge in [0.05, 0.1) is 22.4 Å². The summed E-state index contributed by atoms with van der Waals surface area (Å²) >= 11 is 0. The molecule has 7 nitrogen and oxygen atoms in total.